The average molecular weight is 333 g/mol. The number of benzene rings is 1. The summed E-state index contributed by atoms with van der Waals surface area (Å²) in [7, 11) is 6.99. The molecule has 0 aliphatic carbocycles. The zero-order valence-corrected chi connectivity index (χ0v) is 16.9. The van der Waals surface area contributed by atoms with Gasteiger partial charge in [-0.25, -0.2) is 0 Å². The molecule has 0 radical (unpaired) electrons. The third kappa shape index (κ3) is 9.47. The Hall–Kier alpha value is -0.820. The second-order valence-electron chi connectivity index (χ2n) is 8.37. The molecule has 1 atom stereocenters. The van der Waals surface area contributed by atoms with Gasteiger partial charge in [-0.2, -0.15) is 0 Å². The molecule has 0 spiro atoms. The summed E-state index contributed by atoms with van der Waals surface area (Å²) in [6.45, 7) is 2.29. The van der Waals surface area contributed by atoms with Gasteiger partial charge in [0, 0.05) is 12.0 Å². The normalized spacial score (nSPS) is 13.2. The zero-order valence-electron chi connectivity index (χ0n) is 16.9. The van der Waals surface area contributed by atoms with Crippen LogP contribution in [0.1, 0.15) is 95.6 Å². The van der Waals surface area contributed by atoms with Gasteiger partial charge in [0.15, 0.2) is 0 Å². The molecule has 1 nitrogen and oxygen atoms in total. The zero-order chi connectivity index (χ0) is 17.7. The van der Waals surface area contributed by atoms with Crippen LogP contribution in [0.4, 0.5) is 0 Å². The second kappa shape index (κ2) is 12.5. The van der Waals surface area contributed by atoms with Crippen molar-refractivity contribution in [3.05, 3.63) is 35.9 Å². The van der Waals surface area contributed by atoms with Crippen molar-refractivity contribution in [1.29, 1.82) is 0 Å². The van der Waals surface area contributed by atoms with E-state index in [9.17, 15) is 0 Å². The Morgan fingerprint density at radius 1 is 0.667 bits per heavy atom. The number of hydrogen-bond acceptors (Lipinski definition) is 0. The fraction of sp³-hybridized carbons (Fsp3) is 0.739. The summed E-state index contributed by atoms with van der Waals surface area (Å²) in [4.78, 5) is 0. The molecular weight excluding hydrogens is 290 g/mol. The van der Waals surface area contributed by atoms with Crippen molar-refractivity contribution in [3.8, 4) is 0 Å². The summed E-state index contributed by atoms with van der Waals surface area (Å²) in [5.41, 5.74) is 1.50. The number of nitrogens with zero attached hydrogens (tertiary/aromatic N) is 1. The highest BCUT2D eigenvalue weighted by Gasteiger charge is 2.24. The van der Waals surface area contributed by atoms with E-state index in [2.05, 4.69) is 58.4 Å². The van der Waals surface area contributed by atoms with Crippen LogP contribution in [0.15, 0.2) is 30.3 Å². The summed E-state index contributed by atoms with van der Waals surface area (Å²) in [6, 6.07) is 11.7. The Balaban J connectivity index is 2.12. The van der Waals surface area contributed by atoms with Crippen molar-refractivity contribution < 1.29 is 4.48 Å². The summed E-state index contributed by atoms with van der Waals surface area (Å²) in [5, 5.41) is 0. The van der Waals surface area contributed by atoms with Gasteiger partial charge >= 0.3 is 0 Å². The molecule has 138 valence electrons. The lowest BCUT2D eigenvalue weighted by atomic mass is 9.97. The van der Waals surface area contributed by atoms with Crippen molar-refractivity contribution in [2.75, 3.05) is 21.1 Å². The molecule has 0 heterocycles. The molecule has 1 unspecified atom stereocenters. The summed E-state index contributed by atoms with van der Waals surface area (Å²) in [5.74, 6) is 0. The topological polar surface area (TPSA) is 0 Å². The van der Waals surface area contributed by atoms with Crippen molar-refractivity contribution in [3.63, 3.8) is 0 Å². The minimum absolute atomic E-state index is 0.629. The Morgan fingerprint density at radius 2 is 1.12 bits per heavy atom. The first-order valence-electron chi connectivity index (χ1n) is 10.4. The van der Waals surface area contributed by atoms with Crippen LogP contribution >= 0.6 is 0 Å². The monoisotopic (exact) mass is 332 g/mol. The standard InChI is InChI=1S/C23H42N/c1-5-6-7-8-9-10-11-12-13-14-18-21-23(24(2,3)4)22-19-16-15-17-20-22/h15-17,19-20,23H,5-14,18,21H2,1-4H3/q+1. The lowest BCUT2D eigenvalue weighted by Crippen LogP contribution is -2.38. The Kier molecular flexibility index (Phi) is 11.1. The highest BCUT2D eigenvalue weighted by Crippen LogP contribution is 2.29. The quantitative estimate of drug-likeness (QED) is 0.251. The van der Waals surface area contributed by atoms with Gasteiger partial charge < -0.3 is 4.48 Å². The van der Waals surface area contributed by atoms with E-state index in [0.29, 0.717) is 6.04 Å². The third-order valence-electron chi connectivity index (χ3n) is 5.20. The van der Waals surface area contributed by atoms with Crippen molar-refractivity contribution in [2.45, 2.75) is 90.0 Å². The summed E-state index contributed by atoms with van der Waals surface area (Å²) < 4.78 is 1.03. The van der Waals surface area contributed by atoms with Crippen LogP contribution in [-0.4, -0.2) is 25.6 Å². The van der Waals surface area contributed by atoms with Crippen LogP contribution in [0.5, 0.6) is 0 Å². The van der Waals surface area contributed by atoms with Crippen LogP contribution in [0, 0.1) is 0 Å². The predicted octanol–water partition coefficient (Wildman–Crippen LogP) is 7.14. The van der Waals surface area contributed by atoms with E-state index < -0.39 is 0 Å². The highest BCUT2D eigenvalue weighted by molar-refractivity contribution is 5.17. The molecule has 1 aromatic rings. The summed E-state index contributed by atoms with van der Waals surface area (Å²) in [6.07, 6.45) is 17.0. The van der Waals surface area contributed by atoms with E-state index in [0.717, 1.165) is 4.48 Å². The molecule has 1 aromatic carbocycles. The van der Waals surface area contributed by atoms with E-state index in [-0.39, 0.29) is 0 Å². The minimum atomic E-state index is 0.629. The smallest absolute Gasteiger partial charge is 0.114 e. The molecule has 0 aliphatic rings. The van der Waals surface area contributed by atoms with Crippen LogP contribution in [0.2, 0.25) is 0 Å². The molecule has 1 rings (SSSR count). The molecule has 1 heteroatoms. The fourth-order valence-electron chi connectivity index (χ4n) is 3.68. The molecular formula is C23H42N+. The van der Waals surface area contributed by atoms with Crippen LogP contribution in [-0.2, 0) is 0 Å². The number of unbranched alkanes of at least 4 members (excludes halogenated alkanes) is 10. The number of hydrogen-bond donors (Lipinski definition) is 0. The van der Waals surface area contributed by atoms with Gasteiger partial charge in [0.05, 0.1) is 21.1 Å². The van der Waals surface area contributed by atoms with Crippen LogP contribution in [0.3, 0.4) is 0 Å². The lowest BCUT2D eigenvalue weighted by molar-refractivity contribution is -0.902. The fourth-order valence-corrected chi connectivity index (χ4v) is 3.68. The lowest BCUT2D eigenvalue weighted by Gasteiger charge is -2.34. The van der Waals surface area contributed by atoms with E-state index in [4.69, 9.17) is 0 Å². The first-order chi connectivity index (χ1) is 11.6. The van der Waals surface area contributed by atoms with E-state index >= 15 is 0 Å². The maximum Gasteiger partial charge on any atom is 0.114 e. The van der Waals surface area contributed by atoms with E-state index in [1.165, 1.54) is 82.6 Å². The maximum absolute atomic E-state index is 2.33. The molecule has 0 saturated heterocycles. The number of quaternary nitrogens is 1. The highest BCUT2D eigenvalue weighted by atomic mass is 15.3. The van der Waals surface area contributed by atoms with Gasteiger partial charge in [-0.3, -0.25) is 0 Å². The molecule has 0 fully saturated rings. The molecule has 0 saturated carbocycles. The van der Waals surface area contributed by atoms with Gasteiger partial charge in [-0.1, -0.05) is 101 Å². The largest absolute Gasteiger partial charge is 0.325 e. The molecule has 0 aliphatic heterocycles. The van der Waals surface area contributed by atoms with E-state index in [1.807, 2.05) is 0 Å². The molecule has 24 heavy (non-hydrogen) atoms. The first kappa shape index (κ1) is 21.2. The Bertz CT molecular complexity index is 390. The van der Waals surface area contributed by atoms with E-state index in [1.54, 1.807) is 0 Å². The first-order valence-corrected chi connectivity index (χ1v) is 10.4. The van der Waals surface area contributed by atoms with Gasteiger partial charge in [0.1, 0.15) is 6.04 Å². The van der Waals surface area contributed by atoms with Crippen molar-refractivity contribution in [2.24, 2.45) is 0 Å². The van der Waals surface area contributed by atoms with Crippen LogP contribution in [0.25, 0.3) is 0 Å². The SMILES string of the molecule is CCCCCCCCCCCCCC(c1ccccc1)[N+](C)(C)C. The Labute approximate surface area is 152 Å². The maximum atomic E-state index is 2.33. The molecule has 0 amide bonds. The summed E-state index contributed by atoms with van der Waals surface area (Å²) >= 11 is 0. The second-order valence-corrected chi connectivity index (χ2v) is 8.37. The van der Waals surface area contributed by atoms with Crippen molar-refractivity contribution in [1.82, 2.24) is 0 Å². The Morgan fingerprint density at radius 3 is 1.58 bits per heavy atom. The molecule has 0 N–H and O–H groups in total. The van der Waals surface area contributed by atoms with Crippen molar-refractivity contribution >= 4 is 0 Å². The van der Waals surface area contributed by atoms with Crippen LogP contribution < -0.4 is 0 Å². The van der Waals surface area contributed by atoms with Gasteiger partial charge in [0.2, 0.25) is 0 Å². The minimum Gasteiger partial charge on any atom is -0.325 e. The third-order valence-corrected chi connectivity index (χ3v) is 5.20. The van der Waals surface area contributed by atoms with Gasteiger partial charge in [-0.15, -0.1) is 0 Å². The van der Waals surface area contributed by atoms with Gasteiger partial charge in [-0.05, 0) is 6.42 Å². The van der Waals surface area contributed by atoms with Gasteiger partial charge in [0.25, 0.3) is 0 Å². The average Bonchev–Trinajstić information content (AvgIpc) is 2.55. The predicted molar refractivity (Wildman–Crippen MR) is 108 cm³/mol. The number of rotatable bonds is 14. The molecule has 0 aromatic heterocycles. The molecule has 0 bridgehead atoms.